The lowest BCUT2D eigenvalue weighted by atomic mass is 10.1. The predicted molar refractivity (Wildman–Crippen MR) is 38.6 cm³/mol. The number of nitrogens with zero attached hydrogens (tertiary/aromatic N) is 1. The largest absolute Gasteiger partial charge is 0.390 e. The zero-order valence-corrected chi connectivity index (χ0v) is 5.51. The molecule has 0 saturated carbocycles. The van der Waals surface area contributed by atoms with Gasteiger partial charge in [-0.1, -0.05) is 0 Å². The van der Waals surface area contributed by atoms with Crippen LogP contribution < -0.4 is 11.1 Å². The Labute approximate surface area is 55.3 Å². The molecule has 3 nitrogen and oxygen atoms in total. The molecule has 1 aliphatic rings. The van der Waals surface area contributed by atoms with Gasteiger partial charge in [-0.15, -0.1) is 0 Å². The minimum Gasteiger partial charge on any atom is -0.390 e. The Bertz CT molecular complexity index is 94.5. The molecule has 52 valence electrons. The molecule has 1 saturated heterocycles. The number of nitrogens with one attached hydrogen (secondary N) is 1. The minimum atomic E-state index is 0.434. The maximum atomic E-state index is 5.14. The lowest BCUT2D eigenvalue weighted by Crippen LogP contribution is -2.32. The second kappa shape index (κ2) is 3.45. The Morgan fingerprint density at radius 3 is 3.11 bits per heavy atom. The van der Waals surface area contributed by atoms with Gasteiger partial charge in [0.05, 0.1) is 12.4 Å². The Kier molecular flexibility index (Phi) is 2.51. The fourth-order valence-corrected chi connectivity index (χ4v) is 1.08. The highest BCUT2D eigenvalue weighted by Crippen LogP contribution is 2.03. The first-order valence-electron chi connectivity index (χ1n) is 3.37. The predicted octanol–water partition coefficient (Wildman–Crippen LogP) is -0.275. The van der Waals surface area contributed by atoms with Crippen LogP contribution in [0.15, 0.2) is 4.99 Å². The smallest absolute Gasteiger partial charge is 0.0801 e. The third-order valence-corrected chi connectivity index (χ3v) is 1.57. The van der Waals surface area contributed by atoms with E-state index in [1.54, 1.807) is 0 Å². The van der Waals surface area contributed by atoms with E-state index in [1.807, 2.05) is 0 Å². The van der Waals surface area contributed by atoms with Crippen LogP contribution in [0.25, 0.3) is 0 Å². The van der Waals surface area contributed by atoms with E-state index in [0.29, 0.717) is 6.04 Å². The molecule has 0 aromatic carbocycles. The monoisotopic (exact) mass is 127 g/mol. The van der Waals surface area contributed by atoms with Crippen molar-refractivity contribution < 1.29 is 0 Å². The van der Waals surface area contributed by atoms with E-state index in [0.717, 1.165) is 13.1 Å². The first kappa shape index (κ1) is 6.55. The summed E-state index contributed by atoms with van der Waals surface area (Å²) in [6, 6.07) is 0.434. The van der Waals surface area contributed by atoms with Gasteiger partial charge in [0.15, 0.2) is 0 Å². The van der Waals surface area contributed by atoms with Crippen molar-refractivity contribution in [3.05, 3.63) is 0 Å². The highest BCUT2D eigenvalue weighted by molar-refractivity contribution is 5.51. The lowest BCUT2D eigenvalue weighted by Gasteiger charge is -2.18. The van der Waals surface area contributed by atoms with Crippen LogP contribution in [0.5, 0.6) is 0 Å². The molecular weight excluding hydrogens is 114 g/mol. The van der Waals surface area contributed by atoms with Crippen LogP contribution in [0.2, 0.25) is 0 Å². The van der Waals surface area contributed by atoms with E-state index in [1.165, 1.54) is 19.2 Å². The van der Waals surface area contributed by atoms with Crippen molar-refractivity contribution in [2.45, 2.75) is 18.9 Å². The van der Waals surface area contributed by atoms with Crippen LogP contribution in [0.1, 0.15) is 12.8 Å². The molecule has 1 heterocycles. The molecule has 0 aliphatic carbocycles. The average molecular weight is 127 g/mol. The first-order chi connectivity index (χ1) is 4.43. The molecular formula is C6H13N3. The highest BCUT2D eigenvalue weighted by Gasteiger charge is 2.09. The Morgan fingerprint density at radius 2 is 2.56 bits per heavy atom. The van der Waals surface area contributed by atoms with Crippen LogP contribution in [-0.2, 0) is 0 Å². The molecule has 0 radical (unpaired) electrons. The van der Waals surface area contributed by atoms with Crippen molar-refractivity contribution in [3.8, 4) is 0 Å². The van der Waals surface area contributed by atoms with Gasteiger partial charge in [0.25, 0.3) is 0 Å². The van der Waals surface area contributed by atoms with Gasteiger partial charge in [-0.3, -0.25) is 4.99 Å². The van der Waals surface area contributed by atoms with Crippen LogP contribution in [-0.4, -0.2) is 25.5 Å². The van der Waals surface area contributed by atoms with E-state index in [9.17, 15) is 0 Å². The van der Waals surface area contributed by atoms with Crippen LogP contribution in [0.3, 0.4) is 0 Å². The highest BCUT2D eigenvalue weighted by atomic mass is 15.0. The van der Waals surface area contributed by atoms with Gasteiger partial charge in [-0.25, -0.2) is 0 Å². The lowest BCUT2D eigenvalue weighted by molar-refractivity contribution is 0.461. The number of hydrogen-bond donors (Lipinski definition) is 2. The zero-order chi connectivity index (χ0) is 6.53. The Balaban J connectivity index is 2.23. The van der Waals surface area contributed by atoms with Crippen LogP contribution >= 0.6 is 0 Å². The van der Waals surface area contributed by atoms with Crippen molar-refractivity contribution in [3.63, 3.8) is 0 Å². The number of piperidine rings is 1. The molecule has 1 aliphatic heterocycles. The molecule has 3 heteroatoms. The average Bonchev–Trinajstić information content (AvgIpc) is 1.91. The van der Waals surface area contributed by atoms with Gasteiger partial charge in [-0.2, -0.15) is 0 Å². The van der Waals surface area contributed by atoms with Gasteiger partial charge in [0, 0.05) is 6.54 Å². The second-order valence-corrected chi connectivity index (χ2v) is 2.30. The van der Waals surface area contributed by atoms with E-state index in [2.05, 4.69) is 10.3 Å². The van der Waals surface area contributed by atoms with Gasteiger partial charge in [0.2, 0.25) is 0 Å². The summed E-state index contributed by atoms with van der Waals surface area (Å²) in [5.41, 5.74) is 5.14. The molecule has 9 heavy (non-hydrogen) atoms. The number of hydrogen-bond acceptors (Lipinski definition) is 2. The summed E-state index contributed by atoms with van der Waals surface area (Å²) in [5.74, 6) is 0. The fourth-order valence-electron chi connectivity index (χ4n) is 1.08. The molecule has 0 bridgehead atoms. The summed E-state index contributed by atoms with van der Waals surface area (Å²) in [7, 11) is 0. The van der Waals surface area contributed by atoms with Gasteiger partial charge in [-0.05, 0) is 19.4 Å². The maximum absolute atomic E-state index is 5.14. The number of aliphatic imine (C=N–C) groups is 1. The van der Waals surface area contributed by atoms with Crippen molar-refractivity contribution in [1.82, 2.24) is 5.32 Å². The van der Waals surface area contributed by atoms with Gasteiger partial charge in [0.1, 0.15) is 0 Å². The zero-order valence-electron chi connectivity index (χ0n) is 5.51. The van der Waals surface area contributed by atoms with Crippen LogP contribution in [0, 0.1) is 0 Å². The van der Waals surface area contributed by atoms with Crippen molar-refractivity contribution in [2.75, 3.05) is 13.1 Å². The summed E-state index contributed by atoms with van der Waals surface area (Å²) < 4.78 is 0. The van der Waals surface area contributed by atoms with E-state index in [4.69, 9.17) is 5.73 Å². The summed E-state index contributed by atoms with van der Waals surface area (Å²) in [6.07, 6.45) is 3.81. The summed E-state index contributed by atoms with van der Waals surface area (Å²) in [5, 5.41) is 3.25. The van der Waals surface area contributed by atoms with E-state index < -0.39 is 0 Å². The minimum absolute atomic E-state index is 0.434. The van der Waals surface area contributed by atoms with Gasteiger partial charge < -0.3 is 11.1 Å². The van der Waals surface area contributed by atoms with E-state index in [-0.39, 0.29) is 0 Å². The van der Waals surface area contributed by atoms with Crippen molar-refractivity contribution in [1.29, 1.82) is 0 Å². The molecule has 0 spiro atoms. The maximum Gasteiger partial charge on any atom is 0.0801 e. The topological polar surface area (TPSA) is 50.4 Å². The number of rotatable bonds is 1. The molecule has 1 atom stereocenters. The summed E-state index contributed by atoms with van der Waals surface area (Å²) in [4.78, 5) is 4.07. The SMILES string of the molecule is NC=N[C@@H]1CCCNC1. The first-order valence-corrected chi connectivity index (χ1v) is 3.37. The molecule has 0 aromatic rings. The fraction of sp³-hybridized carbons (Fsp3) is 0.833. The molecule has 0 amide bonds. The van der Waals surface area contributed by atoms with Crippen molar-refractivity contribution in [2.24, 2.45) is 10.7 Å². The molecule has 1 fully saturated rings. The second-order valence-electron chi connectivity index (χ2n) is 2.30. The standard InChI is InChI=1S/C6H13N3/c7-5-9-6-2-1-3-8-4-6/h5-6,8H,1-4H2,(H2,7,9)/t6-/m1/s1. The van der Waals surface area contributed by atoms with Crippen LogP contribution in [0.4, 0.5) is 0 Å². The molecule has 0 unspecified atom stereocenters. The summed E-state index contributed by atoms with van der Waals surface area (Å²) >= 11 is 0. The van der Waals surface area contributed by atoms with E-state index >= 15 is 0 Å². The van der Waals surface area contributed by atoms with Gasteiger partial charge >= 0.3 is 0 Å². The Hall–Kier alpha value is -0.570. The third kappa shape index (κ3) is 2.01. The molecule has 1 rings (SSSR count). The summed E-state index contributed by atoms with van der Waals surface area (Å²) in [6.45, 7) is 2.13. The third-order valence-electron chi connectivity index (χ3n) is 1.57. The normalized spacial score (nSPS) is 29.1. The molecule has 3 N–H and O–H groups in total. The Morgan fingerprint density at radius 1 is 1.67 bits per heavy atom. The molecule has 0 aromatic heterocycles. The quantitative estimate of drug-likeness (QED) is 0.376. The number of nitrogens with two attached hydrogens (primary N) is 1. The van der Waals surface area contributed by atoms with Crippen molar-refractivity contribution >= 4 is 6.34 Å².